The Balaban J connectivity index is -0.000000206. The molecule has 0 atom stereocenters. The molecule has 1 aromatic heterocycles. The van der Waals surface area contributed by atoms with Gasteiger partial charge < -0.3 is 58.6 Å². The Kier molecular flexibility index (Phi) is 95.1. The molecule has 1 heterocycles. The predicted molar refractivity (Wildman–Crippen MR) is 414 cm³/mol. The van der Waals surface area contributed by atoms with Crippen LogP contribution in [0.4, 0.5) is 0 Å². The van der Waals surface area contributed by atoms with Crippen molar-refractivity contribution >= 4 is 7.26 Å². The van der Waals surface area contributed by atoms with Gasteiger partial charge in [0.05, 0.1) is 39.5 Å². The zero-order chi connectivity index (χ0) is 64.2. The van der Waals surface area contributed by atoms with Gasteiger partial charge >= 0.3 is 0 Å². The highest BCUT2D eigenvalue weighted by molar-refractivity contribution is 7.74. The number of quaternary nitrogens is 1. The molecule has 92 heavy (non-hydrogen) atoms. The van der Waals surface area contributed by atoms with Crippen molar-refractivity contribution in [1.29, 1.82) is 0 Å². The smallest absolute Gasteiger partial charge is 0.168 e. The van der Waals surface area contributed by atoms with Crippen LogP contribution in [-0.2, 0) is 13.0 Å². The lowest BCUT2D eigenvalue weighted by Crippen LogP contribution is -3.00. The number of pyridine rings is 1. The number of aromatic nitrogens is 1. The van der Waals surface area contributed by atoms with E-state index in [0.29, 0.717) is 5.41 Å². The fourth-order valence-electron chi connectivity index (χ4n) is 12.4. The summed E-state index contributed by atoms with van der Waals surface area (Å²) in [5.74, 6) is 0. The molecule has 0 aliphatic heterocycles. The van der Waals surface area contributed by atoms with Crippen LogP contribution in [0.3, 0.4) is 0 Å². The van der Waals surface area contributed by atoms with Crippen molar-refractivity contribution in [2.45, 2.75) is 415 Å². The van der Waals surface area contributed by atoms with Gasteiger partial charge in [-0.15, -0.1) is 0 Å². The summed E-state index contributed by atoms with van der Waals surface area (Å²) in [6.45, 7) is 27.5. The maximum absolute atomic E-state index is 2.52. The summed E-state index contributed by atoms with van der Waals surface area (Å²) >= 11 is 0. The molecule has 0 unspecified atom stereocenters. The van der Waals surface area contributed by atoms with E-state index in [4.69, 9.17) is 0 Å². The van der Waals surface area contributed by atoms with Crippen LogP contribution < -0.4 is 58.7 Å². The van der Waals surface area contributed by atoms with Gasteiger partial charge in [-0.1, -0.05) is 380 Å². The molecule has 0 bridgehead atoms. The van der Waals surface area contributed by atoms with Crippen LogP contribution in [0.15, 0.2) is 60.9 Å². The van der Waals surface area contributed by atoms with Gasteiger partial charge in [0.1, 0.15) is 6.54 Å². The van der Waals surface area contributed by atoms with E-state index in [9.17, 15) is 0 Å². The minimum Gasteiger partial charge on any atom is -1.00 e. The van der Waals surface area contributed by atoms with Crippen molar-refractivity contribution in [3.8, 4) is 0 Å². The van der Waals surface area contributed by atoms with Gasteiger partial charge in [-0.05, 0) is 69.8 Å². The molecule has 6 N–H and O–H groups in total. The Morgan fingerprint density at radius 3 is 0.902 bits per heavy atom. The Morgan fingerprint density at radius 1 is 0.348 bits per heavy atom. The summed E-state index contributed by atoms with van der Waals surface area (Å²) in [6, 6.07) is 17.3. The molecule has 0 radical (unpaired) electrons. The maximum atomic E-state index is 2.52. The fourth-order valence-corrected chi connectivity index (χ4v) is 13.8. The van der Waals surface area contributed by atoms with E-state index in [2.05, 4.69) is 148 Å². The van der Waals surface area contributed by atoms with E-state index < -0.39 is 7.26 Å². The molecule has 0 amide bonds. The van der Waals surface area contributed by atoms with Gasteiger partial charge in [-0.2, -0.15) is 0 Å². The van der Waals surface area contributed by atoms with Crippen LogP contribution in [0.1, 0.15) is 408 Å². The van der Waals surface area contributed by atoms with Crippen molar-refractivity contribution in [2.75, 3.05) is 52.8 Å². The largest absolute Gasteiger partial charge is 1.00 e. The molecule has 1 aromatic carbocycles. The van der Waals surface area contributed by atoms with Crippen LogP contribution in [0.2, 0.25) is 0 Å². The number of unbranched alkanes of at least 4 members (excludes halogenated alkanes) is 49. The zero-order valence-electron chi connectivity index (χ0n) is 65.1. The van der Waals surface area contributed by atoms with Crippen molar-refractivity contribution in [3.05, 3.63) is 66.5 Å². The molecule has 2 rings (SSSR count). The first-order valence-electron chi connectivity index (χ1n) is 39.9. The topological polar surface area (TPSA) is 73.9 Å². The van der Waals surface area contributed by atoms with E-state index in [1.165, 1.54) is 395 Å². The lowest BCUT2D eigenvalue weighted by atomic mass is 9.81. The number of hydrogen-bond donors (Lipinski definition) is 2. The Morgan fingerprint density at radius 2 is 0.609 bits per heavy atom. The third-order valence-corrected chi connectivity index (χ3v) is 22.7. The first kappa shape index (κ1) is 105. The fraction of sp³-hybridized carbons (Fsp3) is 0.869. The van der Waals surface area contributed by atoms with Gasteiger partial charge in [-0.25, -0.2) is 4.57 Å². The first-order valence-corrected chi connectivity index (χ1v) is 43.0. The number of halogens is 3. The predicted octanol–water partition coefficient (Wildman–Crippen LogP) is 20.1. The molecule has 0 fully saturated rings. The van der Waals surface area contributed by atoms with E-state index in [1.54, 1.807) is 0 Å². The highest BCUT2D eigenvalue weighted by Gasteiger charge is 2.21. The second-order valence-corrected chi connectivity index (χ2v) is 34.9. The van der Waals surface area contributed by atoms with E-state index >= 15 is 0 Å². The summed E-state index contributed by atoms with van der Waals surface area (Å²) in [5, 5.41) is 0. The van der Waals surface area contributed by atoms with Gasteiger partial charge in [0, 0.05) is 39.1 Å². The monoisotopic (exact) mass is 1420 g/mol. The van der Waals surface area contributed by atoms with Crippen LogP contribution in [0.5, 0.6) is 0 Å². The molecule has 0 spiro atoms. The molecule has 0 aliphatic carbocycles. The van der Waals surface area contributed by atoms with Gasteiger partial charge in [-0.3, -0.25) is 0 Å². The van der Waals surface area contributed by atoms with Crippen LogP contribution in [0, 0.1) is 5.41 Å². The lowest BCUT2D eigenvalue weighted by molar-refractivity contribution is -0.888. The normalized spacial score (nSPS) is 11.0. The molecule has 4 nitrogen and oxygen atoms in total. The standard InChI is InChI=1S/C23H40.C21H38N.C20H44N.C20H44P.BrH.2ClH.2H3N/c1-4-5-6-7-8-9-10-11-12-13-17-20-23(2,3)21-22-18-15-14-16-19-22;1-2-3-4-5-6-7-8-9-10-11-12-13-14-16-19-22-20-17-15-18-21-22;2*1-5-7-8-9-10-11-12-13-14-15-16-17-18-19-20-21(3,4)6-2;;;;;/h14-16,18-19H,4-13,17,20-21H2,1-3H3;15,17-18,20-21H,2-14,16,19H2,1H3;2*5-20H2,1-4H3;3*1H;2*1H3/q;3*+1;;;;;/p-3. The van der Waals surface area contributed by atoms with Gasteiger partial charge in [0.2, 0.25) is 0 Å². The Hall–Kier alpha value is -0.260. The Bertz CT molecular complexity index is 1520. The second-order valence-electron chi connectivity index (χ2n) is 30.0. The average molecular weight is 1420 g/mol. The summed E-state index contributed by atoms with van der Waals surface area (Å²) in [4.78, 5) is 0. The molecule has 0 saturated heterocycles. The quantitative estimate of drug-likeness (QED) is 0.0300. The number of hydrogen-bond acceptors (Lipinski definition) is 2. The summed E-state index contributed by atoms with van der Waals surface area (Å²) in [5.41, 5.74) is 1.93. The number of aryl methyl sites for hydroxylation is 1. The van der Waals surface area contributed by atoms with Crippen LogP contribution in [0.25, 0.3) is 0 Å². The van der Waals surface area contributed by atoms with E-state index in [-0.39, 0.29) is 54.1 Å². The number of benzene rings is 1. The van der Waals surface area contributed by atoms with Crippen molar-refractivity contribution in [3.63, 3.8) is 0 Å². The van der Waals surface area contributed by atoms with Crippen molar-refractivity contribution < 1.29 is 50.8 Å². The zero-order valence-corrected chi connectivity index (χ0v) is 69.1. The van der Waals surface area contributed by atoms with E-state index in [0.717, 1.165) is 0 Å². The molecular weight excluding hydrogens is 1250 g/mol. The highest BCUT2D eigenvalue weighted by Crippen LogP contribution is 2.51. The minimum absolute atomic E-state index is 0. The lowest BCUT2D eigenvalue weighted by Gasteiger charge is -2.28. The first-order chi connectivity index (χ1) is 42.3. The van der Waals surface area contributed by atoms with Gasteiger partial charge in [0.25, 0.3) is 0 Å². The Labute approximate surface area is 606 Å². The molecule has 0 aliphatic rings. The molecule has 0 saturated carbocycles. The molecule has 8 heteroatoms. The SMILES string of the molecule is CCCCCCCCCCCCCC(C)(C)Cc1ccccc1.CCCCCCCCCCCCCCCC[N+](C)(C)CC.CCCCCCCCCCCCCCCC[P+](C)(C)CC.CCCCCCCCCCCCCCCC[n+]1ccccc1.N.N.[Br-].[Cl-].[Cl-]. The summed E-state index contributed by atoms with van der Waals surface area (Å²) in [6.07, 6.45) is 86.8. The second kappa shape index (κ2) is 83.2. The van der Waals surface area contributed by atoms with Crippen molar-refractivity contribution in [1.82, 2.24) is 12.3 Å². The maximum Gasteiger partial charge on any atom is 0.168 e. The molecular formula is C84H172BrCl2N4P. The number of nitrogens with zero attached hydrogens (tertiary/aromatic N) is 2. The summed E-state index contributed by atoms with van der Waals surface area (Å²) in [7, 11) is 4.19. The third kappa shape index (κ3) is 85.8. The van der Waals surface area contributed by atoms with E-state index in [1.807, 2.05) is 0 Å². The number of rotatable bonds is 61. The van der Waals surface area contributed by atoms with Crippen LogP contribution >= 0.6 is 7.26 Å². The third-order valence-electron chi connectivity index (χ3n) is 19.5. The van der Waals surface area contributed by atoms with Crippen molar-refractivity contribution in [2.24, 2.45) is 5.41 Å². The molecule has 554 valence electrons. The molecule has 2 aromatic rings. The van der Waals surface area contributed by atoms with Gasteiger partial charge in [0.15, 0.2) is 12.4 Å². The minimum atomic E-state index is -0.508. The van der Waals surface area contributed by atoms with Crippen LogP contribution in [-0.4, -0.2) is 57.3 Å². The highest BCUT2D eigenvalue weighted by atomic mass is 79.9. The average Bonchev–Trinajstić information content (AvgIpc) is 3.73. The summed E-state index contributed by atoms with van der Waals surface area (Å²) < 4.78 is 3.48.